The van der Waals surface area contributed by atoms with Crippen LogP contribution in [0.5, 0.6) is 0 Å². The van der Waals surface area contributed by atoms with Crippen molar-refractivity contribution < 1.29 is 13.1 Å². The Morgan fingerprint density at radius 3 is 1.56 bits per heavy atom. The lowest BCUT2D eigenvalue weighted by atomic mass is 9.94. The largest absolute Gasteiger partial charge is 0.416 e. The molecule has 0 aromatic carbocycles. The van der Waals surface area contributed by atoms with E-state index in [4.69, 9.17) is 23.0 Å². The molecule has 0 aliphatic rings. The van der Waals surface area contributed by atoms with Crippen LogP contribution < -0.4 is 5.14 Å². The Bertz CT molecular complexity index is 994. The molecule has 1 unspecified atom stereocenters. The third-order valence-electron chi connectivity index (χ3n) is 8.60. The van der Waals surface area contributed by atoms with Crippen LogP contribution in [0.1, 0.15) is 74.2 Å². The molecule has 0 amide bonds. The molecule has 1 heterocycles. The van der Waals surface area contributed by atoms with Gasteiger partial charge in [-0.15, -0.1) is 11.3 Å². The van der Waals surface area contributed by atoms with E-state index in [0.29, 0.717) is 17.4 Å². The van der Waals surface area contributed by atoms with Gasteiger partial charge in [0, 0.05) is 13.2 Å². The molecule has 1 rings (SSSR count). The van der Waals surface area contributed by atoms with Gasteiger partial charge < -0.3 is 8.85 Å². The van der Waals surface area contributed by atoms with E-state index in [9.17, 15) is 4.21 Å². The normalized spacial score (nSPS) is 16.7. The second-order valence-corrected chi connectivity index (χ2v) is 32.9. The smallest absolute Gasteiger partial charge is 0.195 e. The highest BCUT2D eigenvalue weighted by atomic mass is 32.2. The van der Waals surface area contributed by atoms with Crippen LogP contribution in [-0.4, -0.2) is 47.3 Å². The summed E-state index contributed by atoms with van der Waals surface area (Å²) >= 11 is 1.40. The first-order valence-corrected chi connectivity index (χ1v) is 24.0. The molecule has 0 fully saturated rings. The average molecular weight is 594 g/mol. The summed E-state index contributed by atoms with van der Waals surface area (Å²) in [5.74, 6) is 0. The molecule has 1 aromatic heterocycles. The van der Waals surface area contributed by atoms with Crippen molar-refractivity contribution in [2.24, 2.45) is 9.17 Å². The molecule has 36 heavy (non-hydrogen) atoms. The van der Waals surface area contributed by atoms with Crippen molar-refractivity contribution in [1.82, 2.24) is 4.98 Å². The number of hydrogen-bond acceptors (Lipinski definition) is 6. The van der Waals surface area contributed by atoms with E-state index < -0.39 is 40.2 Å². The highest BCUT2D eigenvalue weighted by Crippen LogP contribution is 2.42. The van der Waals surface area contributed by atoms with Gasteiger partial charge in [-0.2, -0.15) is 0 Å². The molecule has 0 spiro atoms. The fourth-order valence-corrected chi connectivity index (χ4v) is 10.9. The zero-order valence-corrected chi connectivity index (χ0v) is 30.6. The minimum absolute atomic E-state index is 0.0505. The fraction of sp³-hybridized carbons (Fsp3) is 0.880. The number of nitrogens with two attached hydrogens (primary N) is 1. The first-order chi connectivity index (χ1) is 15.6. The van der Waals surface area contributed by atoms with Crippen molar-refractivity contribution >= 4 is 46.1 Å². The Morgan fingerprint density at radius 1 is 0.833 bits per heavy atom. The summed E-state index contributed by atoms with van der Waals surface area (Å²) < 4.78 is 32.4. The van der Waals surface area contributed by atoms with Crippen molar-refractivity contribution in [3.8, 4) is 0 Å². The van der Waals surface area contributed by atoms with Crippen LogP contribution in [0.4, 0.5) is 0 Å². The number of aromatic nitrogens is 1. The van der Waals surface area contributed by atoms with Crippen molar-refractivity contribution in [1.29, 1.82) is 0 Å². The van der Waals surface area contributed by atoms with Crippen molar-refractivity contribution in [3.05, 3.63) is 11.2 Å². The van der Waals surface area contributed by atoms with E-state index >= 15 is 0 Å². The summed E-state index contributed by atoms with van der Waals surface area (Å²) in [4.78, 5) is 4.76. The van der Waals surface area contributed by atoms with Gasteiger partial charge in [-0.1, -0.05) is 62.3 Å². The molecule has 0 saturated carbocycles. The van der Waals surface area contributed by atoms with Crippen molar-refractivity contribution in [2.45, 2.75) is 133 Å². The molecule has 0 aliphatic carbocycles. The first-order valence-electron chi connectivity index (χ1n) is 12.9. The maximum atomic E-state index is 13.7. The third kappa shape index (κ3) is 8.06. The van der Waals surface area contributed by atoms with Gasteiger partial charge in [-0.05, 0) is 61.3 Å². The zero-order chi connectivity index (χ0) is 28.8. The Balaban J connectivity index is 3.50. The van der Waals surface area contributed by atoms with Crippen LogP contribution in [0.2, 0.25) is 54.4 Å². The number of thiazole rings is 1. The van der Waals surface area contributed by atoms with E-state index in [1.807, 2.05) is 0 Å². The monoisotopic (exact) mass is 593 g/mol. The molecule has 1 atom stereocenters. The topological polar surface area (TPSA) is 86.8 Å². The summed E-state index contributed by atoms with van der Waals surface area (Å²) in [5.41, 5.74) is -0.486. The lowest BCUT2D eigenvalue weighted by molar-refractivity contribution is 0.137. The van der Waals surface area contributed by atoms with Gasteiger partial charge in [-0.25, -0.2) is 14.3 Å². The van der Waals surface area contributed by atoms with Gasteiger partial charge in [0.05, 0.1) is 11.6 Å². The number of nitrogens with zero attached hydrogens (tertiary/aromatic N) is 2. The Morgan fingerprint density at radius 2 is 1.22 bits per heavy atom. The summed E-state index contributed by atoms with van der Waals surface area (Å²) in [5, 5.41) is 7.38. The van der Waals surface area contributed by atoms with E-state index in [1.54, 1.807) is 6.20 Å². The predicted octanol–water partition coefficient (Wildman–Crippen LogP) is 8.15. The highest BCUT2D eigenvalue weighted by molar-refractivity contribution is 7.94. The quantitative estimate of drug-likeness (QED) is 0.293. The summed E-state index contributed by atoms with van der Waals surface area (Å²) in [6, 6.07) is 0. The van der Waals surface area contributed by atoms with Crippen LogP contribution >= 0.6 is 11.3 Å². The SMILES string of the molecule is CC(CO[Si](C)(C)C(C)(C)C)(CO[Si](C)(C)C(C)(C)C)c1ncc(S(N)(=O)=N[Si](C)(C)C(C)(C)C)s1. The summed E-state index contributed by atoms with van der Waals surface area (Å²) in [6.07, 6.45) is 1.66. The maximum absolute atomic E-state index is 13.7. The Hall–Kier alpha value is 0.111. The molecule has 1 aromatic rings. The lowest BCUT2D eigenvalue weighted by Crippen LogP contribution is -2.48. The molecular formula is C25H55N3O3S2Si3. The number of rotatable bonds is 9. The summed E-state index contributed by atoms with van der Waals surface area (Å²) in [7, 11) is -9.27. The predicted molar refractivity (Wildman–Crippen MR) is 166 cm³/mol. The van der Waals surface area contributed by atoms with Gasteiger partial charge >= 0.3 is 0 Å². The fourth-order valence-electron chi connectivity index (χ4n) is 2.47. The minimum atomic E-state index is -3.05. The minimum Gasteiger partial charge on any atom is -0.416 e. The molecule has 11 heteroatoms. The van der Waals surface area contributed by atoms with Gasteiger partial charge in [0.1, 0.15) is 19.1 Å². The van der Waals surface area contributed by atoms with Crippen LogP contribution in [0.25, 0.3) is 0 Å². The molecule has 0 bridgehead atoms. The Labute approximate surface area is 230 Å². The van der Waals surface area contributed by atoms with Gasteiger partial charge in [0.25, 0.3) is 0 Å². The molecule has 2 N–H and O–H groups in total. The van der Waals surface area contributed by atoms with E-state index in [-0.39, 0.29) is 15.1 Å². The van der Waals surface area contributed by atoms with Crippen molar-refractivity contribution in [2.75, 3.05) is 13.2 Å². The van der Waals surface area contributed by atoms with Crippen molar-refractivity contribution in [3.63, 3.8) is 0 Å². The molecule has 0 radical (unpaired) electrons. The third-order valence-corrected chi connectivity index (χ3v) is 26.9. The average Bonchev–Trinajstić information content (AvgIpc) is 3.13. The van der Waals surface area contributed by atoms with Gasteiger partial charge in [-0.3, -0.25) is 4.03 Å². The van der Waals surface area contributed by atoms with Gasteiger partial charge in [0.2, 0.25) is 0 Å². The van der Waals surface area contributed by atoms with Gasteiger partial charge in [0.15, 0.2) is 24.9 Å². The number of hydrogen-bond donors (Lipinski definition) is 1. The van der Waals surface area contributed by atoms with E-state index in [1.165, 1.54) is 11.3 Å². The summed E-state index contributed by atoms with van der Waals surface area (Å²) in [6.45, 7) is 36.3. The molecule has 212 valence electrons. The molecule has 0 aliphatic heterocycles. The van der Waals surface area contributed by atoms with Crippen LogP contribution in [-0.2, 0) is 24.2 Å². The lowest BCUT2D eigenvalue weighted by Gasteiger charge is -2.42. The highest BCUT2D eigenvalue weighted by Gasteiger charge is 2.44. The molecule has 6 nitrogen and oxygen atoms in total. The zero-order valence-electron chi connectivity index (χ0n) is 26.0. The van der Waals surface area contributed by atoms with E-state index in [0.717, 1.165) is 5.01 Å². The van der Waals surface area contributed by atoms with Crippen LogP contribution in [0, 0.1) is 0 Å². The first kappa shape index (κ1) is 34.1. The van der Waals surface area contributed by atoms with Crippen LogP contribution in [0.15, 0.2) is 14.4 Å². The van der Waals surface area contributed by atoms with Crippen LogP contribution in [0.3, 0.4) is 0 Å². The molecule has 0 saturated heterocycles. The second-order valence-electron chi connectivity index (χ2n) is 15.1. The molecular weight excluding hydrogens is 539 g/mol. The maximum Gasteiger partial charge on any atom is 0.195 e. The Kier molecular flexibility index (Phi) is 10.0. The standard InChI is InChI=1S/C25H55N3O3S2Si3/c1-22(2,3)34(11,12)28-33(26,29)20-17-27-21(32-20)25(10,18-30-35(13,14)23(4,5)6)19-31-36(15,16)24(7,8)9/h17H,18-19H2,1-16H3,(H2,26,28,29). The second kappa shape index (κ2) is 10.6. The van der Waals surface area contributed by atoms with E-state index in [2.05, 4.69) is 109 Å².